The summed E-state index contributed by atoms with van der Waals surface area (Å²) in [5.74, 6) is 0. The highest BCUT2D eigenvalue weighted by Crippen LogP contribution is 2.55. The van der Waals surface area contributed by atoms with E-state index < -0.39 is 7.14 Å². The fraction of sp³-hybridized carbons (Fsp3) is 0.294. The Bertz CT molecular complexity index is 609. The molecule has 2 aromatic carbocycles. The first-order chi connectivity index (χ1) is 8.87. The van der Waals surface area contributed by atoms with Crippen molar-refractivity contribution in [3.63, 3.8) is 0 Å². The number of aryl methyl sites for hydroxylation is 1. The van der Waals surface area contributed by atoms with E-state index in [0.717, 1.165) is 16.2 Å². The van der Waals surface area contributed by atoms with Crippen LogP contribution in [0.5, 0.6) is 0 Å². The first-order valence-corrected chi connectivity index (χ1v) is 8.30. The van der Waals surface area contributed by atoms with Crippen LogP contribution in [0.15, 0.2) is 54.6 Å². The van der Waals surface area contributed by atoms with E-state index in [0.29, 0.717) is 0 Å². The van der Waals surface area contributed by atoms with E-state index in [2.05, 4.69) is 20.8 Å². The van der Waals surface area contributed by atoms with Crippen LogP contribution in [0.1, 0.15) is 26.3 Å². The van der Waals surface area contributed by atoms with Crippen LogP contribution in [-0.2, 0) is 4.57 Å². The van der Waals surface area contributed by atoms with Gasteiger partial charge < -0.3 is 4.57 Å². The Labute approximate surface area is 116 Å². The average Bonchev–Trinajstić information content (AvgIpc) is 2.38. The molecule has 0 unspecified atom stereocenters. The molecule has 19 heavy (non-hydrogen) atoms. The first-order valence-electron chi connectivity index (χ1n) is 6.59. The van der Waals surface area contributed by atoms with E-state index in [-0.39, 0.29) is 5.16 Å². The van der Waals surface area contributed by atoms with Crippen molar-refractivity contribution in [2.45, 2.75) is 32.9 Å². The monoisotopic (exact) mass is 272 g/mol. The molecule has 1 atom stereocenters. The molecule has 2 rings (SSSR count). The maximum Gasteiger partial charge on any atom is 0.148 e. The Kier molecular flexibility index (Phi) is 3.69. The van der Waals surface area contributed by atoms with Crippen LogP contribution in [0.4, 0.5) is 0 Å². The molecule has 0 fully saturated rings. The first kappa shape index (κ1) is 14.1. The van der Waals surface area contributed by atoms with Gasteiger partial charge in [0.25, 0.3) is 0 Å². The SMILES string of the molecule is Cc1ccccc1[P@](=O)(c1ccccc1)C(C)(C)C. The van der Waals surface area contributed by atoms with Crippen LogP contribution < -0.4 is 10.6 Å². The van der Waals surface area contributed by atoms with Crippen LogP contribution in [0.2, 0.25) is 0 Å². The van der Waals surface area contributed by atoms with Gasteiger partial charge in [0.05, 0.1) is 0 Å². The van der Waals surface area contributed by atoms with E-state index in [1.807, 2.05) is 61.5 Å². The van der Waals surface area contributed by atoms with Crippen LogP contribution in [0.25, 0.3) is 0 Å². The Morgan fingerprint density at radius 2 is 1.37 bits per heavy atom. The summed E-state index contributed by atoms with van der Waals surface area (Å²) in [5.41, 5.74) is 1.10. The molecule has 0 aliphatic heterocycles. The maximum absolute atomic E-state index is 13.9. The van der Waals surface area contributed by atoms with Gasteiger partial charge in [0.15, 0.2) is 0 Å². The maximum atomic E-state index is 13.9. The van der Waals surface area contributed by atoms with Crippen LogP contribution in [0.3, 0.4) is 0 Å². The van der Waals surface area contributed by atoms with Gasteiger partial charge in [-0.3, -0.25) is 0 Å². The Morgan fingerprint density at radius 3 is 1.89 bits per heavy atom. The summed E-state index contributed by atoms with van der Waals surface area (Å²) < 4.78 is 13.9. The van der Waals surface area contributed by atoms with E-state index in [4.69, 9.17) is 0 Å². The molecule has 0 aromatic heterocycles. The lowest BCUT2D eigenvalue weighted by atomic mass is 10.2. The van der Waals surface area contributed by atoms with Gasteiger partial charge in [0, 0.05) is 15.8 Å². The standard InChI is InChI=1S/C17H21OP/c1-14-10-8-9-13-16(14)19(18,17(2,3)4)15-11-6-5-7-12-15/h5-13H,1-4H3/t19-/m1/s1. The van der Waals surface area contributed by atoms with Gasteiger partial charge in [0.2, 0.25) is 0 Å². The topological polar surface area (TPSA) is 17.1 Å². The second-order valence-corrected chi connectivity index (χ2v) is 9.46. The molecular formula is C17H21OP. The predicted molar refractivity (Wildman–Crippen MR) is 84.2 cm³/mol. The molecule has 0 radical (unpaired) electrons. The van der Waals surface area contributed by atoms with Crippen LogP contribution in [-0.4, -0.2) is 5.16 Å². The van der Waals surface area contributed by atoms with Gasteiger partial charge in [-0.25, -0.2) is 0 Å². The summed E-state index contributed by atoms with van der Waals surface area (Å²) in [4.78, 5) is 0. The highest BCUT2D eigenvalue weighted by Gasteiger charge is 2.40. The molecule has 0 amide bonds. The average molecular weight is 272 g/mol. The van der Waals surface area contributed by atoms with Crippen molar-refractivity contribution in [2.75, 3.05) is 0 Å². The summed E-state index contributed by atoms with van der Waals surface area (Å²) in [5, 5.41) is 1.63. The Morgan fingerprint density at radius 1 is 0.842 bits per heavy atom. The Hall–Kier alpha value is -1.33. The third-order valence-electron chi connectivity index (χ3n) is 3.52. The smallest absolute Gasteiger partial charge is 0.148 e. The van der Waals surface area contributed by atoms with Gasteiger partial charge in [-0.15, -0.1) is 0 Å². The minimum atomic E-state index is -2.65. The van der Waals surface area contributed by atoms with Crippen molar-refractivity contribution in [3.05, 3.63) is 60.2 Å². The largest absolute Gasteiger partial charge is 0.313 e. The summed E-state index contributed by atoms with van der Waals surface area (Å²) in [6, 6.07) is 17.9. The van der Waals surface area contributed by atoms with Crippen molar-refractivity contribution >= 4 is 17.8 Å². The van der Waals surface area contributed by atoms with Crippen molar-refractivity contribution < 1.29 is 4.57 Å². The number of rotatable bonds is 2. The van der Waals surface area contributed by atoms with E-state index in [9.17, 15) is 4.57 Å². The third-order valence-corrected chi connectivity index (χ3v) is 7.61. The summed E-state index contributed by atoms with van der Waals surface area (Å²) in [7, 11) is -2.65. The second-order valence-electron chi connectivity index (χ2n) is 5.90. The third kappa shape index (κ3) is 2.40. The van der Waals surface area contributed by atoms with Crippen molar-refractivity contribution in [2.24, 2.45) is 0 Å². The molecule has 100 valence electrons. The van der Waals surface area contributed by atoms with Crippen molar-refractivity contribution in [1.82, 2.24) is 0 Å². The molecule has 1 nitrogen and oxygen atoms in total. The minimum absolute atomic E-state index is 0.291. The minimum Gasteiger partial charge on any atom is -0.313 e. The lowest BCUT2D eigenvalue weighted by Gasteiger charge is -2.33. The van der Waals surface area contributed by atoms with Crippen LogP contribution in [0, 0.1) is 6.92 Å². The summed E-state index contributed by atoms with van der Waals surface area (Å²) in [6.45, 7) is 8.23. The molecule has 0 N–H and O–H groups in total. The number of hydrogen-bond donors (Lipinski definition) is 0. The normalized spacial score (nSPS) is 14.9. The van der Waals surface area contributed by atoms with E-state index >= 15 is 0 Å². The quantitative estimate of drug-likeness (QED) is 0.752. The van der Waals surface area contributed by atoms with Gasteiger partial charge in [-0.1, -0.05) is 75.4 Å². The molecule has 0 aliphatic rings. The number of benzene rings is 2. The van der Waals surface area contributed by atoms with Crippen LogP contribution >= 0.6 is 7.14 Å². The van der Waals surface area contributed by atoms with E-state index in [1.54, 1.807) is 0 Å². The lowest BCUT2D eigenvalue weighted by molar-refractivity contribution is 0.563. The summed E-state index contributed by atoms with van der Waals surface area (Å²) >= 11 is 0. The van der Waals surface area contributed by atoms with Crippen molar-refractivity contribution in [3.8, 4) is 0 Å². The number of hydrogen-bond acceptors (Lipinski definition) is 1. The van der Waals surface area contributed by atoms with E-state index in [1.165, 1.54) is 0 Å². The molecule has 0 saturated carbocycles. The molecule has 2 aromatic rings. The fourth-order valence-corrected chi connectivity index (χ4v) is 5.68. The summed E-state index contributed by atoms with van der Waals surface area (Å²) in [6.07, 6.45) is 0. The molecule has 0 bridgehead atoms. The zero-order valence-corrected chi connectivity index (χ0v) is 12.9. The van der Waals surface area contributed by atoms with Gasteiger partial charge in [-0.2, -0.15) is 0 Å². The Balaban J connectivity index is 2.75. The van der Waals surface area contributed by atoms with Gasteiger partial charge in [0.1, 0.15) is 7.14 Å². The fourth-order valence-electron chi connectivity index (χ4n) is 2.44. The highest BCUT2D eigenvalue weighted by atomic mass is 31.2. The second kappa shape index (κ2) is 4.98. The molecule has 0 saturated heterocycles. The van der Waals surface area contributed by atoms with Crippen molar-refractivity contribution in [1.29, 1.82) is 0 Å². The van der Waals surface area contributed by atoms with Gasteiger partial charge in [-0.05, 0) is 12.5 Å². The zero-order valence-electron chi connectivity index (χ0n) is 12.1. The zero-order chi connectivity index (χ0) is 14.1. The molecule has 0 heterocycles. The molecule has 0 aliphatic carbocycles. The predicted octanol–water partition coefficient (Wildman–Crippen LogP) is 4.11. The highest BCUT2D eigenvalue weighted by molar-refractivity contribution is 7.80. The van der Waals surface area contributed by atoms with Gasteiger partial charge >= 0.3 is 0 Å². The molecule has 0 spiro atoms. The lowest BCUT2D eigenvalue weighted by Crippen LogP contribution is -2.31. The molecule has 2 heteroatoms. The molecular weight excluding hydrogens is 251 g/mol.